The highest BCUT2D eigenvalue weighted by Gasteiger charge is 2.14. The van der Waals surface area contributed by atoms with E-state index in [0.717, 1.165) is 5.92 Å². The van der Waals surface area contributed by atoms with Crippen molar-refractivity contribution in [2.45, 2.75) is 38.5 Å². The SMILES string of the molecule is CN1CCN(CCNCCC2CCCCC2)CC1. The third-order valence-corrected chi connectivity index (χ3v) is 4.65. The second kappa shape index (κ2) is 8.13. The van der Waals surface area contributed by atoms with E-state index in [1.54, 1.807) is 0 Å². The predicted octanol–water partition coefficient (Wildman–Crippen LogP) is 1.79. The Morgan fingerprint density at radius 2 is 1.67 bits per heavy atom. The quantitative estimate of drug-likeness (QED) is 0.728. The normalized spacial score (nSPS) is 24.5. The molecule has 0 amide bonds. The molecule has 2 aliphatic rings. The maximum absolute atomic E-state index is 3.64. The Morgan fingerprint density at radius 3 is 2.39 bits per heavy atom. The van der Waals surface area contributed by atoms with Crippen molar-refractivity contribution in [1.29, 1.82) is 0 Å². The first-order valence-electron chi connectivity index (χ1n) is 7.96. The van der Waals surface area contributed by atoms with Gasteiger partial charge >= 0.3 is 0 Å². The fourth-order valence-electron chi connectivity index (χ4n) is 3.22. The van der Waals surface area contributed by atoms with Gasteiger partial charge in [-0.3, -0.25) is 4.90 Å². The number of piperazine rings is 1. The summed E-state index contributed by atoms with van der Waals surface area (Å²) in [6.45, 7) is 8.62. The molecule has 106 valence electrons. The van der Waals surface area contributed by atoms with Crippen LogP contribution >= 0.6 is 0 Å². The van der Waals surface area contributed by atoms with Crippen molar-refractivity contribution in [3.63, 3.8) is 0 Å². The number of likely N-dealkylation sites (N-methyl/N-ethyl adjacent to an activating group) is 1. The first-order valence-corrected chi connectivity index (χ1v) is 7.96. The van der Waals surface area contributed by atoms with Gasteiger partial charge in [0.05, 0.1) is 0 Å². The molecule has 0 aromatic heterocycles. The van der Waals surface area contributed by atoms with Gasteiger partial charge in [-0.1, -0.05) is 32.1 Å². The predicted molar refractivity (Wildman–Crippen MR) is 78.0 cm³/mol. The van der Waals surface area contributed by atoms with Gasteiger partial charge in [-0.2, -0.15) is 0 Å². The van der Waals surface area contributed by atoms with Crippen molar-refractivity contribution < 1.29 is 0 Å². The standard InChI is InChI=1S/C15H31N3/c1-17-11-13-18(14-12-17)10-9-16-8-7-15-5-3-2-4-6-15/h15-16H,2-14H2,1H3. The van der Waals surface area contributed by atoms with Crippen LogP contribution in [0.4, 0.5) is 0 Å². The molecule has 3 nitrogen and oxygen atoms in total. The number of hydrogen-bond acceptors (Lipinski definition) is 3. The molecule has 0 bridgehead atoms. The summed E-state index contributed by atoms with van der Waals surface area (Å²) in [6.07, 6.45) is 8.81. The highest BCUT2D eigenvalue weighted by molar-refractivity contribution is 4.70. The smallest absolute Gasteiger partial charge is 0.0110 e. The molecule has 2 fully saturated rings. The van der Waals surface area contributed by atoms with Gasteiger partial charge in [0.25, 0.3) is 0 Å². The minimum atomic E-state index is 1.02. The van der Waals surface area contributed by atoms with E-state index in [1.165, 1.54) is 84.3 Å². The third-order valence-electron chi connectivity index (χ3n) is 4.65. The van der Waals surface area contributed by atoms with Crippen LogP contribution in [0.15, 0.2) is 0 Å². The van der Waals surface area contributed by atoms with Crippen LogP contribution in [-0.2, 0) is 0 Å². The Kier molecular flexibility index (Phi) is 6.46. The van der Waals surface area contributed by atoms with Crippen LogP contribution in [0.5, 0.6) is 0 Å². The topological polar surface area (TPSA) is 18.5 Å². The van der Waals surface area contributed by atoms with Crippen LogP contribution in [0.1, 0.15) is 38.5 Å². The molecular weight excluding hydrogens is 222 g/mol. The summed E-state index contributed by atoms with van der Waals surface area (Å²) < 4.78 is 0. The molecule has 1 heterocycles. The molecule has 3 heteroatoms. The number of nitrogens with zero attached hydrogens (tertiary/aromatic N) is 2. The van der Waals surface area contributed by atoms with E-state index in [2.05, 4.69) is 22.2 Å². The maximum atomic E-state index is 3.64. The van der Waals surface area contributed by atoms with Crippen LogP contribution in [0.3, 0.4) is 0 Å². The second-order valence-corrected chi connectivity index (χ2v) is 6.19. The van der Waals surface area contributed by atoms with Crippen LogP contribution in [0.2, 0.25) is 0 Å². The first-order chi connectivity index (χ1) is 8.84. The molecule has 2 rings (SSSR count). The Balaban J connectivity index is 1.43. The summed E-state index contributed by atoms with van der Waals surface area (Å²) in [5.74, 6) is 1.02. The van der Waals surface area contributed by atoms with Crippen molar-refractivity contribution in [2.24, 2.45) is 5.92 Å². The summed E-state index contributed by atoms with van der Waals surface area (Å²) in [5.41, 5.74) is 0. The lowest BCUT2D eigenvalue weighted by Crippen LogP contribution is -2.46. The summed E-state index contributed by atoms with van der Waals surface area (Å²) in [5, 5.41) is 3.64. The van der Waals surface area contributed by atoms with Crippen molar-refractivity contribution in [3.05, 3.63) is 0 Å². The molecule has 0 aromatic carbocycles. The van der Waals surface area contributed by atoms with Crippen LogP contribution in [0.25, 0.3) is 0 Å². The van der Waals surface area contributed by atoms with E-state index < -0.39 is 0 Å². The Labute approximate surface area is 113 Å². The van der Waals surface area contributed by atoms with Crippen LogP contribution in [-0.4, -0.2) is 62.7 Å². The third kappa shape index (κ3) is 5.25. The van der Waals surface area contributed by atoms with Gasteiger partial charge in [0.15, 0.2) is 0 Å². The van der Waals surface area contributed by atoms with Gasteiger partial charge < -0.3 is 10.2 Å². The van der Waals surface area contributed by atoms with E-state index >= 15 is 0 Å². The molecule has 0 atom stereocenters. The van der Waals surface area contributed by atoms with Gasteiger partial charge in [0.2, 0.25) is 0 Å². The lowest BCUT2D eigenvalue weighted by atomic mass is 9.87. The minimum absolute atomic E-state index is 1.02. The second-order valence-electron chi connectivity index (χ2n) is 6.19. The van der Waals surface area contributed by atoms with Gasteiger partial charge in [-0.15, -0.1) is 0 Å². The molecule has 0 unspecified atom stereocenters. The zero-order valence-corrected chi connectivity index (χ0v) is 12.2. The zero-order valence-electron chi connectivity index (χ0n) is 12.2. The summed E-state index contributed by atoms with van der Waals surface area (Å²) >= 11 is 0. The number of rotatable bonds is 6. The van der Waals surface area contributed by atoms with E-state index in [1.807, 2.05) is 0 Å². The lowest BCUT2D eigenvalue weighted by molar-refractivity contribution is 0.154. The molecule has 18 heavy (non-hydrogen) atoms. The summed E-state index contributed by atoms with van der Waals surface area (Å²) in [6, 6.07) is 0. The van der Waals surface area contributed by atoms with E-state index in [0.29, 0.717) is 0 Å². The average Bonchev–Trinajstić information content (AvgIpc) is 2.42. The Bertz CT molecular complexity index is 206. The zero-order chi connectivity index (χ0) is 12.6. The van der Waals surface area contributed by atoms with E-state index in [4.69, 9.17) is 0 Å². The summed E-state index contributed by atoms with van der Waals surface area (Å²) in [7, 11) is 2.22. The van der Waals surface area contributed by atoms with E-state index in [-0.39, 0.29) is 0 Å². The molecule has 1 saturated heterocycles. The molecule has 1 N–H and O–H groups in total. The monoisotopic (exact) mass is 253 g/mol. The van der Waals surface area contributed by atoms with Crippen LogP contribution in [0, 0.1) is 5.92 Å². The van der Waals surface area contributed by atoms with Gasteiger partial charge in [-0.05, 0) is 25.9 Å². The summed E-state index contributed by atoms with van der Waals surface area (Å²) in [4.78, 5) is 5.01. The minimum Gasteiger partial charge on any atom is -0.315 e. The maximum Gasteiger partial charge on any atom is 0.0110 e. The molecule has 1 saturated carbocycles. The molecular formula is C15H31N3. The average molecular weight is 253 g/mol. The first kappa shape index (κ1) is 14.3. The van der Waals surface area contributed by atoms with E-state index in [9.17, 15) is 0 Å². The molecule has 0 aromatic rings. The van der Waals surface area contributed by atoms with Gasteiger partial charge in [-0.25, -0.2) is 0 Å². The highest BCUT2D eigenvalue weighted by Crippen LogP contribution is 2.25. The Morgan fingerprint density at radius 1 is 0.944 bits per heavy atom. The van der Waals surface area contributed by atoms with Crippen molar-refractivity contribution in [2.75, 3.05) is 52.9 Å². The number of hydrogen-bond donors (Lipinski definition) is 1. The molecule has 0 radical (unpaired) electrons. The Hall–Kier alpha value is -0.120. The fourth-order valence-corrected chi connectivity index (χ4v) is 3.22. The van der Waals surface area contributed by atoms with Gasteiger partial charge in [0, 0.05) is 39.3 Å². The van der Waals surface area contributed by atoms with Crippen molar-refractivity contribution in [3.8, 4) is 0 Å². The molecule has 0 spiro atoms. The van der Waals surface area contributed by atoms with Crippen LogP contribution < -0.4 is 5.32 Å². The molecule has 1 aliphatic heterocycles. The van der Waals surface area contributed by atoms with Crippen molar-refractivity contribution >= 4 is 0 Å². The van der Waals surface area contributed by atoms with Crippen molar-refractivity contribution in [1.82, 2.24) is 15.1 Å². The highest BCUT2D eigenvalue weighted by atomic mass is 15.2. The number of nitrogens with one attached hydrogen (secondary N) is 1. The molecule has 1 aliphatic carbocycles. The van der Waals surface area contributed by atoms with Gasteiger partial charge in [0.1, 0.15) is 0 Å². The lowest BCUT2D eigenvalue weighted by Gasteiger charge is -2.32. The fraction of sp³-hybridized carbons (Fsp3) is 1.00. The largest absolute Gasteiger partial charge is 0.315 e.